The van der Waals surface area contributed by atoms with Crippen LogP contribution in [0.2, 0.25) is 5.02 Å². The van der Waals surface area contributed by atoms with Gasteiger partial charge in [0, 0.05) is 17.2 Å². The van der Waals surface area contributed by atoms with Crippen molar-refractivity contribution < 1.29 is 18.1 Å². The van der Waals surface area contributed by atoms with Crippen molar-refractivity contribution in [2.75, 3.05) is 10.8 Å². The Hall–Kier alpha value is -2.16. The lowest BCUT2D eigenvalue weighted by molar-refractivity contribution is -0.384. The van der Waals surface area contributed by atoms with Crippen LogP contribution >= 0.6 is 23.2 Å². The summed E-state index contributed by atoms with van der Waals surface area (Å²) in [6.07, 6.45) is 0. The minimum Gasteiger partial charge on any atom is -0.279 e. The second kappa shape index (κ2) is 7.38. The number of carbonyl (C=O) groups is 1. The maximum Gasteiger partial charge on any atom is 0.269 e. The molecule has 0 saturated carbocycles. The molecular weight excluding hydrogens is 391 g/mol. The summed E-state index contributed by atoms with van der Waals surface area (Å²) < 4.78 is 26.6. The van der Waals surface area contributed by atoms with Gasteiger partial charge in [0.25, 0.3) is 15.7 Å². The molecule has 7 nitrogen and oxygen atoms in total. The highest BCUT2D eigenvalue weighted by Crippen LogP contribution is 2.30. The number of aryl methyl sites for hydroxylation is 1. The van der Waals surface area contributed by atoms with Gasteiger partial charge in [-0.05, 0) is 54.4 Å². The van der Waals surface area contributed by atoms with Gasteiger partial charge in [-0.2, -0.15) is 0 Å². The molecule has 0 atom stereocenters. The van der Waals surface area contributed by atoms with Crippen LogP contribution in [0, 0.1) is 17.0 Å². The van der Waals surface area contributed by atoms with Crippen molar-refractivity contribution in [2.24, 2.45) is 0 Å². The molecule has 0 unspecified atom stereocenters. The van der Waals surface area contributed by atoms with E-state index in [2.05, 4.69) is 0 Å². The van der Waals surface area contributed by atoms with E-state index in [1.807, 2.05) is 0 Å². The number of sulfonamides is 1. The maximum absolute atomic E-state index is 12.9. The first-order chi connectivity index (χ1) is 11.6. The number of nitro benzene ring substituents is 1. The van der Waals surface area contributed by atoms with Gasteiger partial charge in [0.1, 0.15) is 6.54 Å². The highest BCUT2D eigenvalue weighted by atomic mass is 35.5. The largest absolute Gasteiger partial charge is 0.279 e. The fraction of sp³-hybridized carbons (Fsp3) is 0.133. The summed E-state index contributed by atoms with van der Waals surface area (Å²) in [5.74, 6) is 0. The molecule has 0 saturated heterocycles. The van der Waals surface area contributed by atoms with Crippen molar-refractivity contribution in [3.05, 3.63) is 63.2 Å². The molecule has 2 aromatic rings. The summed E-state index contributed by atoms with van der Waals surface area (Å²) in [7, 11) is -4.12. The van der Waals surface area contributed by atoms with Gasteiger partial charge in [0.15, 0.2) is 0 Å². The van der Waals surface area contributed by atoms with Crippen LogP contribution in [0.15, 0.2) is 47.4 Å². The predicted molar refractivity (Wildman–Crippen MR) is 94.7 cm³/mol. The van der Waals surface area contributed by atoms with Gasteiger partial charge in [0.05, 0.1) is 15.5 Å². The zero-order chi connectivity index (χ0) is 18.8. The molecule has 0 amide bonds. The van der Waals surface area contributed by atoms with E-state index in [0.717, 1.165) is 10.4 Å². The van der Waals surface area contributed by atoms with E-state index in [9.17, 15) is 23.3 Å². The quantitative estimate of drug-likeness (QED) is 0.418. The zero-order valence-corrected chi connectivity index (χ0v) is 15.2. The van der Waals surface area contributed by atoms with E-state index in [4.69, 9.17) is 23.2 Å². The highest BCUT2D eigenvalue weighted by Gasteiger charge is 2.28. The Balaban J connectivity index is 2.58. The number of carbonyl (C=O) groups excluding carboxylic acids is 1. The van der Waals surface area contributed by atoms with Crippen molar-refractivity contribution in [1.82, 2.24) is 0 Å². The Bertz CT molecular complexity index is 929. The molecule has 0 aliphatic carbocycles. The first-order valence-electron chi connectivity index (χ1n) is 6.84. The Labute approximate surface area is 154 Å². The van der Waals surface area contributed by atoms with Gasteiger partial charge >= 0.3 is 0 Å². The fourth-order valence-corrected chi connectivity index (χ4v) is 3.98. The molecule has 0 aliphatic heterocycles. The zero-order valence-electron chi connectivity index (χ0n) is 12.8. The minimum atomic E-state index is -4.12. The normalized spacial score (nSPS) is 11.2. The fourth-order valence-electron chi connectivity index (χ4n) is 2.18. The van der Waals surface area contributed by atoms with Gasteiger partial charge in [-0.25, -0.2) is 8.42 Å². The van der Waals surface area contributed by atoms with Crippen LogP contribution in [0.25, 0.3) is 0 Å². The van der Waals surface area contributed by atoms with Gasteiger partial charge in [-0.15, -0.1) is 0 Å². The maximum atomic E-state index is 12.9. The molecule has 2 rings (SSSR count). The lowest BCUT2D eigenvalue weighted by Crippen LogP contribution is -2.35. The lowest BCUT2D eigenvalue weighted by Gasteiger charge is -2.24. The third-order valence-corrected chi connectivity index (χ3v) is 5.47. The standard InChI is InChI=1S/C15H12Cl2N2O5S/c1-10-8-12(19(21)22)4-7-14(10)18(9-15(17)20)25(23,24)13-5-2-11(16)3-6-13/h2-8H,9H2,1H3. The van der Waals surface area contributed by atoms with E-state index in [1.54, 1.807) is 0 Å². The summed E-state index contributed by atoms with van der Waals surface area (Å²) in [6, 6.07) is 9.04. The van der Waals surface area contributed by atoms with Crippen molar-refractivity contribution >= 4 is 49.8 Å². The number of benzene rings is 2. The SMILES string of the molecule is Cc1cc([N+](=O)[O-])ccc1N(CC(=O)Cl)S(=O)(=O)c1ccc(Cl)cc1. The second-order valence-electron chi connectivity index (χ2n) is 5.05. The Morgan fingerprint density at radius 3 is 2.28 bits per heavy atom. The number of hydrogen-bond acceptors (Lipinski definition) is 5. The van der Waals surface area contributed by atoms with Gasteiger partial charge in [-0.3, -0.25) is 19.2 Å². The molecule has 0 N–H and O–H groups in total. The van der Waals surface area contributed by atoms with Crippen LogP contribution in [0.3, 0.4) is 0 Å². The topological polar surface area (TPSA) is 97.6 Å². The number of rotatable bonds is 6. The van der Waals surface area contributed by atoms with Gasteiger partial charge < -0.3 is 0 Å². The number of nitro groups is 1. The molecule has 0 aromatic heterocycles. The summed E-state index contributed by atoms with van der Waals surface area (Å²) in [5, 5.41) is 10.3. The summed E-state index contributed by atoms with van der Waals surface area (Å²) >= 11 is 11.2. The first kappa shape index (κ1) is 19.2. The van der Waals surface area contributed by atoms with Crippen LogP contribution in [-0.4, -0.2) is 25.1 Å². The highest BCUT2D eigenvalue weighted by molar-refractivity contribution is 7.92. The van der Waals surface area contributed by atoms with Crippen LogP contribution in [0.5, 0.6) is 0 Å². The number of non-ortho nitro benzene ring substituents is 1. The molecule has 132 valence electrons. The first-order valence-corrected chi connectivity index (χ1v) is 9.04. The molecular formula is C15H12Cl2N2O5S. The predicted octanol–water partition coefficient (Wildman–Crippen LogP) is 3.52. The third kappa shape index (κ3) is 4.28. The summed E-state index contributed by atoms with van der Waals surface area (Å²) in [4.78, 5) is 21.5. The van der Waals surface area contributed by atoms with Gasteiger partial charge in [-0.1, -0.05) is 11.6 Å². The van der Waals surface area contributed by atoms with Crippen LogP contribution in [0.4, 0.5) is 11.4 Å². The molecule has 0 radical (unpaired) electrons. The van der Waals surface area contributed by atoms with Crippen LogP contribution < -0.4 is 4.31 Å². The van der Waals surface area contributed by atoms with E-state index in [1.165, 1.54) is 43.3 Å². The smallest absolute Gasteiger partial charge is 0.269 e. The molecule has 10 heteroatoms. The monoisotopic (exact) mass is 402 g/mol. The number of anilines is 1. The molecule has 0 spiro atoms. The van der Waals surface area contributed by atoms with Crippen molar-refractivity contribution in [3.63, 3.8) is 0 Å². The number of hydrogen-bond donors (Lipinski definition) is 0. The van der Waals surface area contributed by atoms with Crippen molar-refractivity contribution in [2.45, 2.75) is 11.8 Å². The molecule has 25 heavy (non-hydrogen) atoms. The number of nitrogens with zero attached hydrogens (tertiary/aromatic N) is 2. The Morgan fingerprint density at radius 1 is 1.20 bits per heavy atom. The van der Waals surface area contributed by atoms with E-state index >= 15 is 0 Å². The average Bonchev–Trinajstić information content (AvgIpc) is 2.53. The molecule has 0 aliphatic rings. The summed E-state index contributed by atoms with van der Waals surface area (Å²) in [5.41, 5.74) is 0.237. The van der Waals surface area contributed by atoms with Crippen LogP contribution in [-0.2, 0) is 14.8 Å². The molecule has 0 fully saturated rings. The Kier molecular flexibility index (Phi) is 5.66. The van der Waals surface area contributed by atoms with Crippen molar-refractivity contribution in [1.29, 1.82) is 0 Å². The van der Waals surface area contributed by atoms with Gasteiger partial charge in [0.2, 0.25) is 5.24 Å². The number of halogens is 2. The van der Waals surface area contributed by atoms with Crippen molar-refractivity contribution in [3.8, 4) is 0 Å². The minimum absolute atomic E-state index is 0.0902. The summed E-state index contributed by atoms with van der Waals surface area (Å²) in [6.45, 7) is 0.886. The Morgan fingerprint density at radius 2 is 1.80 bits per heavy atom. The van der Waals surface area contributed by atoms with E-state index < -0.39 is 26.7 Å². The molecule has 0 heterocycles. The second-order valence-corrected chi connectivity index (χ2v) is 7.77. The average molecular weight is 403 g/mol. The molecule has 0 bridgehead atoms. The van der Waals surface area contributed by atoms with E-state index in [0.29, 0.717) is 10.6 Å². The lowest BCUT2D eigenvalue weighted by atomic mass is 10.2. The van der Waals surface area contributed by atoms with Crippen LogP contribution in [0.1, 0.15) is 5.56 Å². The van der Waals surface area contributed by atoms with E-state index in [-0.39, 0.29) is 16.3 Å². The molecule has 2 aromatic carbocycles. The third-order valence-electron chi connectivity index (χ3n) is 3.33.